The number of nitrogens with one attached hydrogen (secondary N) is 3. The Bertz CT molecular complexity index is 1270. The number of anilines is 2. The minimum atomic E-state index is -0.258. The number of aryl methyl sites for hydroxylation is 1. The van der Waals surface area contributed by atoms with Gasteiger partial charge in [-0.3, -0.25) is 14.9 Å². The van der Waals surface area contributed by atoms with E-state index in [-0.39, 0.29) is 24.4 Å². The van der Waals surface area contributed by atoms with E-state index < -0.39 is 0 Å². The fraction of sp³-hybridized carbons (Fsp3) is 0.143. The lowest BCUT2D eigenvalue weighted by Crippen LogP contribution is -2.31. The highest BCUT2D eigenvalue weighted by Gasteiger charge is 2.16. The van der Waals surface area contributed by atoms with Gasteiger partial charge in [-0.15, -0.1) is 11.3 Å². The fourth-order valence-corrected chi connectivity index (χ4v) is 4.47. The second kappa shape index (κ2) is 11.5. The maximum atomic E-state index is 12.6. The predicted octanol–water partition coefficient (Wildman–Crippen LogP) is 5.64. The van der Waals surface area contributed by atoms with Gasteiger partial charge in [0.1, 0.15) is 5.75 Å². The van der Waals surface area contributed by atoms with E-state index in [2.05, 4.69) is 53.2 Å². The summed E-state index contributed by atoms with van der Waals surface area (Å²) in [7, 11) is 1.56. The molecule has 3 aromatic carbocycles. The summed E-state index contributed by atoms with van der Waals surface area (Å²) in [4.78, 5) is 26.4. The maximum absolute atomic E-state index is 12.6. The van der Waals surface area contributed by atoms with E-state index >= 15 is 0 Å². The Balaban J connectivity index is 1.35. The van der Waals surface area contributed by atoms with Crippen molar-refractivity contribution in [1.29, 1.82) is 0 Å². The first-order valence-electron chi connectivity index (χ1n) is 11.2. The van der Waals surface area contributed by atoms with Crippen molar-refractivity contribution >= 4 is 34.5 Å². The van der Waals surface area contributed by atoms with Crippen molar-refractivity contribution in [1.82, 2.24) is 5.32 Å². The Hall–Kier alpha value is -3.94. The quantitative estimate of drug-likeness (QED) is 0.287. The molecule has 1 unspecified atom stereocenters. The second-order valence-electron chi connectivity index (χ2n) is 8.02. The van der Waals surface area contributed by atoms with Crippen molar-refractivity contribution in [3.05, 3.63) is 112 Å². The summed E-state index contributed by atoms with van der Waals surface area (Å²) in [6.07, 6.45) is 0. The number of thiophene rings is 1. The molecule has 7 heteroatoms. The molecule has 3 N–H and O–H groups in total. The predicted molar refractivity (Wildman–Crippen MR) is 141 cm³/mol. The molecule has 35 heavy (non-hydrogen) atoms. The number of hydrogen-bond acceptors (Lipinski definition) is 5. The third-order valence-corrected chi connectivity index (χ3v) is 6.43. The number of methoxy groups -OCH3 is 1. The number of para-hydroxylation sites is 2. The minimum absolute atomic E-state index is 0.0672. The molecule has 4 rings (SSSR count). The molecule has 0 aliphatic rings. The van der Waals surface area contributed by atoms with Gasteiger partial charge >= 0.3 is 0 Å². The van der Waals surface area contributed by atoms with Crippen molar-refractivity contribution in [2.45, 2.75) is 13.0 Å². The summed E-state index contributed by atoms with van der Waals surface area (Å²) in [6.45, 7) is 2.20. The van der Waals surface area contributed by atoms with Crippen LogP contribution in [0.25, 0.3) is 0 Å². The first kappa shape index (κ1) is 24.2. The molecule has 0 radical (unpaired) electrons. The van der Waals surface area contributed by atoms with Crippen LogP contribution < -0.4 is 20.7 Å². The highest BCUT2D eigenvalue weighted by Crippen LogP contribution is 2.26. The molecule has 0 spiro atoms. The van der Waals surface area contributed by atoms with Crippen LogP contribution in [0.4, 0.5) is 11.4 Å². The van der Waals surface area contributed by atoms with Gasteiger partial charge in [0.25, 0.3) is 5.91 Å². The number of carbonyl (C=O) groups excluding carboxylic acids is 2. The Kier molecular flexibility index (Phi) is 7.92. The third-order valence-electron chi connectivity index (χ3n) is 5.49. The Morgan fingerprint density at radius 2 is 1.63 bits per heavy atom. The fourth-order valence-electron chi connectivity index (χ4n) is 3.64. The van der Waals surface area contributed by atoms with Gasteiger partial charge in [-0.25, -0.2) is 0 Å². The molecular formula is C28H27N3O3S. The average Bonchev–Trinajstić information content (AvgIpc) is 3.40. The number of ether oxygens (including phenoxy) is 1. The summed E-state index contributed by atoms with van der Waals surface area (Å²) < 4.78 is 5.27. The summed E-state index contributed by atoms with van der Waals surface area (Å²) in [5, 5.41) is 11.1. The minimum Gasteiger partial charge on any atom is -0.495 e. The molecule has 0 fully saturated rings. The molecule has 1 aromatic heterocycles. The van der Waals surface area contributed by atoms with Gasteiger partial charge in [0.05, 0.1) is 25.4 Å². The SMILES string of the molecule is COc1ccccc1NC(=O)c1ccc(NC(=O)CNC(c2ccc(C)cc2)c2cccs2)cc1. The summed E-state index contributed by atoms with van der Waals surface area (Å²) in [5.41, 5.74) is 3.99. The number of benzene rings is 3. The Labute approximate surface area is 209 Å². The summed E-state index contributed by atoms with van der Waals surface area (Å²) >= 11 is 1.65. The van der Waals surface area contributed by atoms with Gasteiger partial charge in [-0.2, -0.15) is 0 Å². The smallest absolute Gasteiger partial charge is 0.255 e. The van der Waals surface area contributed by atoms with Crippen LogP contribution in [0.2, 0.25) is 0 Å². The van der Waals surface area contributed by atoms with Crippen LogP contribution in [0.1, 0.15) is 32.4 Å². The zero-order valence-corrected chi connectivity index (χ0v) is 20.4. The molecule has 2 amide bonds. The topological polar surface area (TPSA) is 79.5 Å². The molecular weight excluding hydrogens is 458 g/mol. The van der Waals surface area contributed by atoms with Crippen molar-refractivity contribution in [2.24, 2.45) is 0 Å². The van der Waals surface area contributed by atoms with Gasteiger partial charge in [0.15, 0.2) is 0 Å². The van der Waals surface area contributed by atoms with E-state index in [4.69, 9.17) is 4.74 Å². The first-order valence-corrected chi connectivity index (χ1v) is 12.1. The van der Waals surface area contributed by atoms with Gasteiger partial charge in [0.2, 0.25) is 5.91 Å². The number of hydrogen-bond donors (Lipinski definition) is 3. The Morgan fingerprint density at radius 1 is 0.886 bits per heavy atom. The van der Waals surface area contributed by atoms with Gasteiger partial charge in [0, 0.05) is 16.1 Å². The van der Waals surface area contributed by atoms with Crippen molar-refractivity contribution in [2.75, 3.05) is 24.3 Å². The van der Waals surface area contributed by atoms with Crippen LogP contribution in [0, 0.1) is 6.92 Å². The lowest BCUT2D eigenvalue weighted by molar-refractivity contribution is -0.115. The lowest BCUT2D eigenvalue weighted by atomic mass is 10.0. The summed E-state index contributed by atoms with van der Waals surface area (Å²) in [6, 6.07) is 26.3. The standard InChI is InChI=1S/C28H27N3O3S/c1-19-9-11-20(12-10-19)27(25-8-5-17-35-25)29-18-26(32)30-22-15-13-21(14-16-22)28(33)31-23-6-3-4-7-24(23)34-2/h3-17,27,29H,18H2,1-2H3,(H,30,32)(H,31,33). The van der Waals surface area contributed by atoms with Crippen molar-refractivity contribution < 1.29 is 14.3 Å². The molecule has 0 aliphatic heterocycles. The normalized spacial score (nSPS) is 11.5. The zero-order chi connectivity index (χ0) is 24.6. The second-order valence-corrected chi connectivity index (χ2v) is 9.00. The third kappa shape index (κ3) is 6.35. The van der Waals surface area contributed by atoms with Crippen molar-refractivity contribution in [3.63, 3.8) is 0 Å². The summed E-state index contributed by atoms with van der Waals surface area (Å²) in [5.74, 6) is 0.166. The highest BCUT2D eigenvalue weighted by molar-refractivity contribution is 7.10. The van der Waals surface area contributed by atoms with E-state index in [0.29, 0.717) is 22.7 Å². The zero-order valence-electron chi connectivity index (χ0n) is 19.6. The largest absolute Gasteiger partial charge is 0.495 e. The van der Waals surface area contributed by atoms with Crippen molar-refractivity contribution in [3.8, 4) is 5.75 Å². The van der Waals surface area contributed by atoms with E-state index in [9.17, 15) is 9.59 Å². The van der Waals surface area contributed by atoms with Crippen LogP contribution >= 0.6 is 11.3 Å². The van der Waals surface area contributed by atoms with Gasteiger partial charge in [-0.05, 0) is 60.3 Å². The Morgan fingerprint density at radius 3 is 2.31 bits per heavy atom. The molecule has 4 aromatic rings. The highest BCUT2D eigenvalue weighted by atomic mass is 32.1. The van der Waals surface area contributed by atoms with E-state index in [1.165, 1.54) is 5.56 Å². The monoisotopic (exact) mass is 485 g/mol. The lowest BCUT2D eigenvalue weighted by Gasteiger charge is -2.18. The molecule has 1 atom stereocenters. The molecule has 0 saturated carbocycles. The average molecular weight is 486 g/mol. The number of rotatable bonds is 9. The molecule has 0 saturated heterocycles. The van der Waals surface area contributed by atoms with Crippen LogP contribution in [0.5, 0.6) is 5.75 Å². The maximum Gasteiger partial charge on any atom is 0.255 e. The number of amides is 2. The number of carbonyl (C=O) groups is 2. The molecule has 0 bridgehead atoms. The van der Waals surface area contributed by atoms with Crippen LogP contribution in [-0.2, 0) is 4.79 Å². The van der Waals surface area contributed by atoms with Crippen LogP contribution in [0.3, 0.4) is 0 Å². The van der Waals surface area contributed by atoms with E-state index in [1.807, 2.05) is 23.6 Å². The molecule has 178 valence electrons. The molecule has 6 nitrogen and oxygen atoms in total. The molecule has 0 aliphatic carbocycles. The van der Waals surface area contributed by atoms with Gasteiger partial charge < -0.3 is 15.4 Å². The van der Waals surface area contributed by atoms with E-state index in [0.717, 1.165) is 10.4 Å². The first-order chi connectivity index (χ1) is 17.0. The van der Waals surface area contributed by atoms with Gasteiger partial charge in [-0.1, -0.05) is 48.0 Å². The van der Waals surface area contributed by atoms with E-state index in [1.54, 1.807) is 54.8 Å². The van der Waals surface area contributed by atoms with Crippen LogP contribution in [-0.4, -0.2) is 25.5 Å². The van der Waals surface area contributed by atoms with Crippen LogP contribution in [0.15, 0.2) is 90.3 Å². The molecule has 1 heterocycles.